The minimum Gasteiger partial charge on any atom is -0.383 e. The monoisotopic (exact) mass is 220 g/mol. The van der Waals surface area contributed by atoms with Gasteiger partial charge in [-0.3, -0.25) is 5.41 Å². The van der Waals surface area contributed by atoms with Gasteiger partial charge in [0.25, 0.3) is 0 Å². The first kappa shape index (κ1) is 12.7. The van der Waals surface area contributed by atoms with E-state index in [1.165, 1.54) is 0 Å². The first-order valence-electron chi connectivity index (χ1n) is 5.56. The lowest BCUT2D eigenvalue weighted by Gasteiger charge is -2.29. The molecular weight excluding hydrogens is 200 g/mol. The quantitative estimate of drug-likeness (QED) is 0.611. The van der Waals surface area contributed by atoms with Crippen molar-refractivity contribution >= 4 is 5.84 Å². The van der Waals surface area contributed by atoms with E-state index in [2.05, 4.69) is 13.8 Å². The van der Waals surface area contributed by atoms with Crippen LogP contribution in [0.2, 0.25) is 0 Å². The molecule has 3 heteroatoms. The second kappa shape index (κ2) is 6.28. The van der Waals surface area contributed by atoms with Gasteiger partial charge in [0, 0.05) is 25.3 Å². The van der Waals surface area contributed by atoms with Gasteiger partial charge in [-0.15, -0.1) is 0 Å². The SMILES string of the molecule is COCCN(C(=N)c1ccccc1)C(C)C. The summed E-state index contributed by atoms with van der Waals surface area (Å²) in [5.41, 5.74) is 0.951. The van der Waals surface area contributed by atoms with Crippen LogP contribution in [0.15, 0.2) is 30.3 Å². The van der Waals surface area contributed by atoms with Crippen LogP contribution in [0.1, 0.15) is 19.4 Å². The normalized spacial score (nSPS) is 10.5. The predicted octanol–water partition coefficient (Wildman–Crippen LogP) is 2.37. The van der Waals surface area contributed by atoms with Crippen LogP contribution in [0.4, 0.5) is 0 Å². The van der Waals surface area contributed by atoms with E-state index >= 15 is 0 Å². The molecule has 1 rings (SSSR count). The number of amidine groups is 1. The van der Waals surface area contributed by atoms with Gasteiger partial charge in [-0.2, -0.15) is 0 Å². The summed E-state index contributed by atoms with van der Waals surface area (Å²) in [6, 6.07) is 10.1. The average molecular weight is 220 g/mol. The van der Waals surface area contributed by atoms with Gasteiger partial charge in [-0.05, 0) is 13.8 Å². The first-order chi connectivity index (χ1) is 7.66. The molecule has 1 N–H and O–H groups in total. The predicted molar refractivity (Wildman–Crippen MR) is 67.0 cm³/mol. The summed E-state index contributed by atoms with van der Waals surface area (Å²) in [5, 5.41) is 8.17. The molecule has 88 valence electrons. The Balaban J connectivity index is 2.75. The zero-order valence-corrected chi connectivity index (χ0v) is 10.2. The molecule has 1 aromatic carbocycles. The molecule has 0 aliphatic carbocycles. The number of nitrogens with one attached hydrogen (secondary N) is 1. The van der Waals surface area contributed by atoms with E-state index in [4.69, 9.17) is 10.1 Å². The molecule has 0 heterocycles. The van der Waals surface area contributed by atoms with Crippen molar-refractivity contribution in [2.75, 3.05) is 20.3 Å². The van der Waals surface area contributed by atoms with Crippen molar-refractivity contribution in [1.29, 1.82) is 5.41 Å². The molecule has 0 unspecified atom stereocenters. The molecule has 0 saturated heterocycles. The van der Waals surface area contributed by atoms with Crippen molar-refractivity contribution in [2.24, 2.45) is 0 Å². The van der Waals surface area contributed by atoms with E-state index < -0.39 is 0 Å². The molecular formula is C13H20N2O. The van der Waals surface area contributed by atoms with E-state index in [-0.39, 0.29) is 0 Å². The number of nitrogens with zero attached hydrogens (tertiary/aromatic N) is 1. The van der Waals surface area contributed by atoms with E-state index in [1.807, 2.05) is 35.2 Å². The molecule has 0 radical (unpaired) electrons. The first-order valence-corrected chi connectivity index (χ1v) is 5.56. The van der Waals surface area contributed by atoms with E-state index in [9.17, 15) is 0 Å². The highest BCUT2D eigenvalue weighted by Gasteiger charge is 2.14. The van der Waals surface area contributed by atoms with Gasteiger partial charge in [-0.25, -0.2) is 0 Å². The number of methoxy groups -OCH3 is 1. The molecule has 1 aromatic rings. The maximum absolute atomic E-state index is 8.17. The molecule has 3 nitrogen and oxygen atoms in total. The van der Waals surface area contributed by atoms with Gasteiger partial charge in [0.05, 0.1) is 6.61 Å². The molecule has 0 saturated carbocycles. The standard InChI is InChI=1S/C13H20N2O/c1-11(2)15(9-10-16-3)13(14)12-7-5-4-6-8-12/h4-8,11,14H,9-10H2,1-3H3. The van der Waals surface area contributed by atoms with Gasteiger partial charge < -0.3 is 9.64 Å². The Hall–Kier alpha value is -1.35. The molecule has 0 aromatic heterocycles. The van der Waals surface area contributed by atoms with Gasteiger partial charge >= 0.3 is 0 Å². The fourth-order valence-corrected chi connectivity index (χ4v) is 1.58. The molecule has 16 heavy (non-hydrogen) atoms. The summed E-state index contributed by atoms with van der Waals surface area (Å²) in [7, 11) is 1.69. The van der Waals surface area contributed by atoms with E-state index in [0.717, 1.165) is 12.1 Å². The number of rotatable bonds is 5. The Morgan fingerprint density at radius 1 is 1.31 bits per heavy atom. The molecule has 0 aliphatic rings. The zero-order valence-electron chi connectivity index (χ0n) is 10.2. The Labute approximate surface area is 97.5 Å². The van der Waals surface area contributed by atoms with Crippen molar-refractivity contribution in [3.8, 4) is 0 Å². The van der Waals surface area contributed by atoms with Crippen molar-refractivity contribution in [2.45, 2.75) is 19.9 Å². The topological polar surface area (TPSA) is 36.3 Å². The lowest BCUT2D eigenvalue weighted by Crippen LogP contribution is -2.39. The summed E-state index contributed by atoms with van der Waals surface area (Å²) in [6.07, 6.45) is 0. The smallest absolute Gasteiger partial charge is 0.128 e. The number of ether oxygens (including phenoxy) is 1. The lowest BCUT2D eigenvalue weighted by atomic mass is 10.1. The van der Waals surface area contributed by atoms with Crippen LogP contribution in [0.25, 0.3) is 0 Å². The second-order valence-electron chi connectivity index (χ2n) is 3.99. The third-order valence-electron chi connectivity index (χ3n) is 2.49. The summed E-state index contributed by atoms with van der Waals surface area (Å²) in [6.45, 7) is 5.58. The Kier molecular flexibility index (Phi) is 4.99. The molecule has 0 spiro atoms. The number of hydrogen-bond donors (Lipinski definition) is 1. The van der Waals surface area contributed by atoms with Crippen LogP contribution in [-0.2, 0) is 4.74 Å². The molecule has 0 bridgehead atoms. The fourth-order valence-electron chi connectivity index (χ4n) is 1.58. The van der Waals surface area contributed by atoms with E-state index in [0.29, 0.717) is 18.5 Å². The van der Waals surface area contributed by atoms with Gasteiger partial charge in [0.15, 0.2) is 0 Å². The summed E-state index contributed by atoms with van der Waals surface area (Å²) < 4.78 is 5.07. The minimum absolute atomic E-state index is 0.308. The van der Waals surface area contributed by atoms with Crippen LogP contribution in [0.3, 0.4) is 0 Å². The van der Waals surface area contributed by atoms with Crippen molar-refractivity contribution in [1.82, 2.24) is 4.90 Å². The molecule has 0 amide bonds. The minimum atomic E-state index is 0.308. The third kappa shape index (κ3) is 3.35. The molecule has 0 atom stereocenters. The maximum Gasteiger partial charge on any atom is 0.128 e. The number of hydrogen-bond acceptors (Lipinski definition) is 2. The van der Waals surface area contributed by atoms with Crippen LogP contribution >= 0.6 is 0 Å². The summed E-state index contributed by atoms with van der Waals surface area (Å²) >= 11 is 0. The van der Waals surface area contributed by atoms with Crippen molar-refractivity contribution < 1.29 is 4.74 Å². The van der Waals surface area contributed by atoms with Crippen molar-refractivity contribution in [3.05, 3.63) is 35.9 Å². The van der Waals surface area contributed by atoms with Crippen LogP contribution in [0, 0.1) is 5.41 Å². The average Bonchev–Trinajstić information content (AvgIpc) is 2.30. The van der Waals surface area contributed by atoms with Crippen LogP contribution in [0.5, 0.6) is 0 Å². The summed E-state index contributed by atoms with van der Waals surface area (Å²) in [5.74, 6) is 0.563. The zero-order chi connectivity index (χ0) is 12.0. The third-order valence-corrected chi connectivity index (χ3v) is 2.49. The highest BCUT2D eigenvalue weighted by atomic mass is 16.5. The Bertz CT molecular complexity index is 322. The Morgan fingerprint density at radius 3 is 2.44 bits per heavy atom. The largest absolute Gasteiger partial charge is 0.383 e. The molecule has 0 aliphatic heterocycles. The number of benzene rings is 1. The van der Waals surface area contributed by atoms with Gasteiger partial charge in [-0.1, -0.05) is 30.3 Å². The lowest BCUT2D eigenvalue weighted by molar-refractivity contribution is 0.166. The highest BCUT2D eigenvalue weighted by Crippen LogP contribution is 2.07. The second-order valence-corrected chi connectivity index (χ2v) is 3.99. The van der Waals surface area contributed by atoms with Crippen LogP contribution in [-0.4, -0.2) is 37.0 Å². The van der Waals surface area contributed by atoms with E-state index in [1.54, 1.807) is 7.11 Å². The van der Waals surface area contributed by atoms with Crippen molar-refractivity contribution in [3.63, 3.8) is 0 Å². The van der Waals surface area contributed by atoms with Gasteiger partial charge in [0.1, 0.15) is 5.84 Å². The maximum atomic E-state index is 8.17. The van der Waals surface area contributed by atoms with Crippen LogP contribution < -0.4 is 0 Å². The highest BCUT2D eigenvalue weighted by molar-refractivity contribution is 5.96. The van der Waals surface area contributed by atoms with Gasteiger partial charge in [0.2, 0.25) is 0 Å². The fraction of sp³-hybridized carbons (Fsp3) is 0.462. The summed E-state index contributed by atoms with van der Waals surface area (Å²) in [4.78, 5) is 2.04. The Morgan fingerprint density at radius 2 is 1.94 bits per heavy atom. The molecule has 0 fully saturated rings.